The van der Waals surface area contributed by atoms with Crippen LogP contribution in [0.2, 0.25) is 13.1 Å². The quantitative estimate of drug-likeness (QED) is 0.295. The van der Waals surface area contributed by atoms with Gasteiger partial charge in [0.2, 0.25) is 0 Å². The van der Waals surface area contributed by atoms with E-state index >= 15 is 0 Å². The summed E-state index contributed by atoms with van der Waals surface area (Å²) in [5.41, 5.74) is 6.52. The molecular weight excluding hydrogens is 472 g/mol. The summed E-state index contributed by atoms with van der Waals surface area (Å²) in [5, 5.41) is 5.39. The van der Waals surface area contributed by atoms with Crippen molar-refractivity contribution in [2.75, 3.05) is 0 Å². The molecule has 3 rings (SSSR count). The molecule has 2 nitrogen and oxygen atoms in total. The fourth-order valence-corrected chi connectivity index (χ4v) is 2.44. The number of hydrogen-bond acceptors (Lipinski definition) is 1. The average molecular weight is 500 g/mol. The molecule has 0 saturated heterocycles. The van der Waals surface area contributed by atoms with Gasteiger partial charge in [-0.2, -0.15) is 0 Å². The van der Waals surface area contributed by atoms with E-state index in [9.17, 15) is 4.79 Å². The molecule has 1 amide bonds. The number of unbranched alkanes of at least 4 members (excludes halogenated alkanes) is 2. The van der Waals surface area contributed by atoms with Crippen molar-refractivity contribution in [3.8, 4) is 0 Å². The van der Waals surface area contributed by atoms with E-state index in [0.29, 0.717) is 6.42 Å². The number of nitrogens with one attached hydrogen (secondary N) is 1. The van der Waals surface area contributed by atoms with Gasteiger partial charge in [0.05, 0.1) is 0 Å². The van der Waals surface area contributed by atoms with Crippen LogP contribution in [0.4, 0.5) is 0 Å². The molecule has 0 aliphatic rings. The molecule has 2 radical (unpaired) electrons. The Balaban J connectivity index is -0.000000366. The molecule has 0 bridgehead atoms. The first-order valence-electron chi connectivity index (χ1n) is 8.50. The van der Waals surface area contributed by atoms with Crippen LogP contribution in [0.15, 0.2) is 54.6 Å². The van der Waals surface area contributed by atoms with Gasteiger partial charge in [0.25, 0.3) is 0 Å². The third-order valence-electron chi connectivity index (χ3n) is 3.53. The molecule has 0 aliphatic heterocycles. The van der Waals surface area contributed by atoms with Gasteiger partial charge in [-0.1, -0.05) is 69.3 Å². The first kappa shape index (κ1) is 31.2. The molecular formula is C21H27Cl2NOSiZr. The van der Waals surface area contributed by atoms with Crippen molar-refractivity contribution in [2.24, 2.45) is 0 Å². The zero-order valence-electron chi connectivity index (χ0n) is 16.2. The summed E-state index contributed by atoms with van der Waals surface area (Å²) in [6.07, 6.45) is 3.52. The number of hydrogen-bond donors (Lipinski definition) is 0. The van der Waals surface area contributed by atoms with Gasteiger partial charge in [-0.3, -0.25) is 0 Å². The minimum atomic E-state index is -0.432. The normalized spacial score (nSPS) is 8.70. The minimum Gasteiger partial charge on any atom is -1.00 e. The molecule has 0 aromatic heterocycles. The van der Waals surface area contributed by atoms with Crippen molar-refractivity contribution in [2.45, 2.75) is 45.7 Å². The average Bonchev–Trinajstić information content (AvgIpc) is 2.95. The maximum atomic E-state index is 9.99. The zero-order valence-corrected chi connectivity index (χ0v) is 21.2. The van der Waals surface area contributed by atoms with Crippen LogP contribution in [-0.4, -0.2) is 15.4 Å². The van der Waals surface area contributed by atoms with Crippen LogP contribution in [0.3, 0.4) is 0 Å². The monoisotopic (exact) mass is 497 g/mol. The van der Waals surface area contributed by atoms with Crippen molar-refractivity contribution in [1.29, 1.82) is 0 Å². The minimum absolute atomic E-state index is 0. The summed E-state index contributed by atoms with van der Waals surface area (Å²) < 4.78 is 0. The van der Waals surface area contributed by atoms with Crippen LogP contribution in [0.5, 0.6) is 0 Å². The molecule has 27 heavy (non-hydrogen) atoms. The second-order valence-corrected chi connectivity index (χ2v) is 6.70. The summed E-state index contributed by atoms with van der Waals surface area (Å²) in [6.45, 7) is 6.38. The van der Waals surface area contributed by atoms with E-state index < -0.39 is 5.91 Å². The first-order chi connectivity index (χ1) is 11.6. The van der Waals surface area contributed by atoms with E-state index in [1.807, 2.05) is 0 Å². The summed E-state index contributed by atoms with van der Waals surface area (Å²) in [7, 11) is 1.08. The van der Waals surface area contributed by atoms with Gasteiger partial charge in [-0.25, -0.2) is 0 Å². The van der Waals surface area contributed by atoms with Crippen LogP contribution in [0, 0.1) is 0 Å². The molecule has 0 heterocycles. The largest absolute Gasteiger partial charge is 4.00 e. The second-order valence-electron chi connectivity index (χ2n) is 5.70. The molecule has 0 saturated carbocycles. The molecule has 1 N–H and O–H groups in total. The van der Waals surface area contributed by atoms with Crippen LogP contribution < -0.4 is 24.8 Å². The number of rotatable bonds is 4. The fraction of sp³-hybridized carbons (Fsp3) is 0.333. The van der Waals surface area contributed by atoms with Crippen molar-refractivity contribution < 1.29 is 55.8 Å². The Hall–Kier alpha value is -0.540. The van der Waals surface area contributed by atoms with E-state index in [4.69, 9.17) is 5.73 Å². The van der Waals surface area contributed by atoms with Gasteiger partial charge in [-0.05, 0) is 12.8 Å². The molecule has 0 aliphatic carbocycles. The second kappa shape index (κ2) is 18.8. The Morgan fingerprint density at radius 3 is 1.70 bits per heavy atom. The van der Waals surface area contributed by atoms with Gasteiger partial charge in [0.15, 0.2) is 0 Å². The SMILES string of the molecule is CCCCCC([NH-])=O.C[Si]C.[Cl-].[Cl-].[Zr+4].c1ccc2c(c1)[cH-]c1ccccc12. The van der Waals surface area contributed by atoms with E-state index in [2.05, 4.69) is 74.6 Å². The molecule has 144 valence electrons. The number of carbonyl (C=O) groups is 1. The van der Waals surface area contributed by atoms with Crippen molar-refractivity contribution in [1.82, 2.24) is 0 Å². The Morgan fingerprint density at radius 2 is 1.33 bits per heavy atom. The maximum absolute atomic E-state index is 9.99. The van der Waals surface area contributed by atoms with E-state index in [1.54, 1.807) is 0 Å². The molecule has 0 atom stereocenters. The summed E-state index contributed by atoms with van der Waals surface area (Å²) >= 11 is 0. The van der Waals surface area contributed by atoms with Gasteiger partial charge in [0, 0.05) is 15.4 Å². The molecule has 6 heteroatoms. The third kappa shape index (κ3) is 11.8. The number of benzene rings is 2. The Bertz CT molecular complexity index is 699. The number of fused-ring (bicyclic) bond motifs is 3. The first-order valence-corrected chi connectivity index (χ1v) is 10.5. The molecule has 3 aromatic carbocycles. The molecule has 3 aromatic rings. The van der Waals surface area contributed by atoms with Gasteiger partial charge >= 0.3 is 26.2 Å². The van der Waals surface area contributed by atoms with Crippen molar-refractivity contribution in [3.63, 3.8) is 0 Å². The smallest absolute Gasteiger partial charge is 1.00 e. The summed E-state index contributed by atoms with van der Waals surface area (Å²) in [4.78, 5) is 9.99. The van der Waals surface area contributed by atoms with E-state index in [-0.39, 0.29) is 51.0 Å². The molecule has 0 spiro atoms. The van der Waals surface area contributed by atoms with E-state index in [1.165, 1.54) is 21.5 Å². The number of halogens is 2. The van der Waals surface area contributed by atoms with Gasteiger partial charge < -0.3 is 35.3 Å². The number of carbonyl (C=O) groups excluding carboxylic acids is 1. The predicted molar refractivity (Wildman–Crippen MR) is 108 cm³/mol. The van der Waals surface area contributed by atoms with Crippen molar-refractivity contribution in [3.05, 3.63) is 60.3 Å². The van der Waals surface area contributed by atoms with Crippen LogP contribution >= 0.6 is 0 Å². The Morgan fingerprint density at radius 1 is 0.926 bits per heavy atom. The molecule has 0 unspecified atom stereocenters. The van der Waals surface area contributed by atoms with Gasteiger partial charge in [0.1, 0.15) is 0 Å². The van der Waals surface area contributed by atoms with Gasteiger partial charge in [-0.15, -0.1) is 39.7 Å². The van der Waals surface area contributed by atoms with Crippen LogP contribution in [0.25, 0.3) is 27.3 Å². The summed E-state index contributed by atoms with van der Waals surface area (Å²) in [6, 6.07) is 19.3. The Labute approximate surface area is 197 Å². The van der Waals surface area contributed by atoms with Crippen LogP contribution in [0.1, 0.15) is 32.6 Å². The summed E-state index contributed by atoms with van der Waals surface area (Å²) in [5.74, 6) is -0.432. The topological polar surface area (TPSA) is 40.9 Å². The standard InChI is InChI=1S/C13H9.C6H13NO.C2H6Si.2ClH.Zr/c1-3-7-12-10(5-1)9-11-6-2-4-8-13(11)12;1-2-3-4-5-6(7)8;1-3-2;;;/h1-9H;2-5H2,1H3,(H2,7,8);1-2H3;2*1H;/q-1;;;;;+4/p-3. The van der Waals surface area contributed by atoms with Crippen molar-refractivity contribution >= 4 is 37.0 Å². The predicted octanol–water partition coefficient (Wildman–Crippen LogP) is 0.650. The molecule has 0 fully saturated rings. The zero-order chi connectivity index (χ0) is 17.8. The Kier molecular flexibility index (Phi) is 21.7. The van der Waals surface area contributed by atoms with Crippen LogP contribution in [-0.2, 0) is 31.0 Å². The fourth-order valence-electron chi connectivity index (χ4n) is 2.44. The van der Waals surface area contributed by atoms with E-state index in [0.717, 1.165) is 28.8 Å². The number of amides is 1. The maximum Gasteiger partial charge on any atom is 4.00 e. The third-order valence-corrected chi connectivity index (χ3v) is 3.53.